The molecule has 0 bridgehead atoms. The number of carbonyl (C=O) groups is 2. The predicted molar refractivity (Wildman–Crippen MR) is 146 cm³/mol. The summed E-state index contributed by atoms with van der Waals surface area (Å²) in [5.41, 5.74) is -2.16. The van der Waals surface area contributed by atoms with Gasteiger partial charge in [-0.2, -0.15) is 13.2 Å². The van der Waals surface area contributed by atoms with Crippen LogP contribution in [0.5, 0.6) is 0 Å². The number of anilines is 2. The predicted octanol–water partition coefficient (Wildman–Crippen LogP) is 5.98. The number of rotatable bonds is 7. The van der Waals surface area contributed by atoms with E-state index in [1.165, 1.54) is 38.6 Å². The second kappa shape index (κ2) is 11.8. The van der Waals surface area contributed by atoms with Crippen molar-refractivity contribution in [2.75, 3.05) is 37.3 Å². The van der Waals surface area contributed by atoms with Crippen molar-refractivity contribution in [3.63, 3.8) is 0 Å². The summed E-state index contributed by atoms with van der Waals surface area (Å²) >= 11 is 0. The molecule has 3 aromatic carbocycles. The first-order chi connectivity index (χ1) is 19.6. The van der Waals surface area contributed by atoms with Gasteiger partial charge in [0, 0.05) is 18.0 Å². The number of ether oxygens (including phenoxy) is 1. The molecule has 1 aliphatic rings. The van der Waals surface area contributed by atoms with E-state index in [2.05, 4.69) is 5.32 Å². The molecule has 1 saturated heterocycles. The average molecular weight is 613 g/mol. The molecule has 0 radical (unpaired) electrons. The summed E-state index contributed by atoms with van der Waals surface area (Å²) in [5.74, 6) is -4.79. The minimum atomic E-state index is -4.79. The van der Waals surface area contributed by atoms with E-state index < -0.39 is 71.7 Å². The molecule has 224 valence electrons. The molecule has 14 heteroatoms. The molecule has 0 aromatic heterocycles. The van der Waals surface area contributed by atoms with Crippen LogP contribution in [0, 0.1) is 17.5 Å². The molecule has 1 fully saturated rings. The summed E-state index contributed by atoms with van der Waals surface area (Å²) in [6.45, 7) is 2.89. The van der Waals surface area contributed by atoms with E-state index in [4.69, 9.17) is 4.74 Å². The Bertz CT molecular complexity index is 1580. The fourth-order valence-corrected chi connectivity index (χ4v) is 6.03. The van der Waals surface area contributed by atoms with Gasteiger partial charge in [-0.05, 0) is 55.6 Å². The highest BCUT2D eigenvalue weighted by Gasteiger charge is 2.43. The van der Waals surface area contributed by atoms with Crippen LogP contribution in [-0.2, 0) is 20.3 Å². The largest absolute Gasteiger partial charge is 0.416 e. The van der Waals surface area contributed by atoms with Gasteiger partial charge in [-0.1, -0.05) is 24.3 Å². The Balaban J connectivity index is 1.59. The quantitative estimate of drug-likeness (QED) is 0.254. The number of methoxy groups -OCH3 is 1. The van der Waals surface area contributed by atoms with Crippen LogP contribution in [0.2, 0.25) is 0 Å². The first-order valence-electron chi connectivity index (χ1n) is 12.5. The van der Waals surface area contributed by atoms with E-state index in [1.807, 2.05) is 5.32 Å². The van der Waals surface area contributed by atoms with E-state index in [0.717, 1.165) is 11.0 Å². The van der Waals surface area contributed by atoms with Gasteiger partial charge < -0.3 is 24.8 Å². The van der Waals surface area contributed by atoms with E-state index in [0.29, 0.717) is 11.4 Å². The zero-order chi connectivity index (χ0) is 31.0. The summed E-state index contributed by atoms with van der Waals surface area (Å²) in [4.78, 5) is 26.8. The van der Waals surface area contributed by atoms with Crippen LogP contribution >= 0.6 is 7.14 Å². The number of urea groups is 1. The highest BCUT2D eigenvalue weighted by atomic mass is 31.2. The standard InChI is InChI=1S/C28H26F6N3O4P/c1-41-14-16-13-21(36-27(39)35-20-10-8-15(12-19(20)29)28(32,33)34)26(38)37(16)22-11-9-18(24(30)25(22)31)17-6-4-5-7-23(17)42(2,3)40/h4-12,16,21H,13-14H2,1-3H3,(H2,35,36,39)/t16-,21+/m0/s1. The zero-order valence-electron chi connectivity index (χ0n) is 22.6. The maximum Gasteiger partial charge on any atom is 0.416 e. The van der Waals surface area contributed by atoms with E-state index in [9.17, 15) is 31.7 Å². The fraction of sp³-hybridized carbons (Fsp3) is 0.286. The molecular weight excluding hydrogens is 587 g/mol. The minimum absolute atomic E-state index is 0.101. The van der Waals surface area contributed by atoms with E-state index in [1.54, 1.807) is 18.2 Å². The summed E-state index contributed by atoms with van der Waals surface area (Å²) in [6.07, 6.45) is -4.89. The highest BCUT2D eigenvalue weighted by Crippen LogP contribution is 2.41. The zero-order valence-corrected chi connectivity index (χ0v) is 23.5. The van der Waals surface area contributed by atoms with Gasteiger partial charge in [0.05, 0.1) is 29.6 Å². The first kappa shape index (κ1) is 31.1. The number of halogens is 6. The number of hydrogen-bond acceptors (Lipinski definition) is 4. The number of nitrogens with zero attached hydrogens (tertiary/aromatic N) is 1. The molecule has 2 N–H and O–H groups in total. The third kappa shape index (κ3) is 6.32. The average Bonchev–Trinajstić information content (AvgIpc) is 3.20. The summed E-state index contributed by atoms with van der Waals surface area (Å²) < 4.78 is 102. The molecule has 42 heavy (non-hydrogen) atoms. The second-order valence-electron chi connectivity index (χ2n) is 10.0. The summed E-state index contributed by atoms with van der Waals surface area (Å²) in [5, 5.41) is 4.70. The van der Waals surface area contributed by atoms with Crippen molar-refractivity contribution in [2.24, 2.45) is 0 Å². The summed E-state index contributed by atoms with van der Waals surface area (Å²) in [7, 11) is -1.54. The van der Waals surface area contributed by atoms with Crippen LogP contribution in [0.4, 0.5) is 42.5 Å². The number of hydrogen-bond donors (Lipinski definition) is 2. The Kier molecular flexibility index (Phi) is 8.75. The molecule has 3 aromatic rings. The Hall–Kier alpha value is -3.83. The van der Waals surface area contributed by atoms with Crippen molar-refractivity contribution in [3.05, 3.63) is 77.6 Å². The van der Waals surface area contributed by atoms with E-state index in [-0.39, 0.29) is 30.2 Å². The number of benzene rings is 3. The van der Waals surface area contributed by atoms with Gasteiger partial charge >= 0.3 is 12.2 Å². The summed E-state index contributed by atoms with van der Waals surface area (Å²) in [6, 6.07) is 7.06. The monoisotopic (exact) mass is 613 g/mol. The number of amides is 3. The molecule has 0 spiro atoms. The van der Waals surface area contributed by atoms with Gasteiger partial charge in [0.1, 0.15) is 19.0 Å². The molecule has 0 aliphatic carbocycles. The topological polar surface area (TPSA) is 87.7 Å². The van der Waals surface area contributed by atoms with Crippen molar-refractivity contribution in [1.82, 2.24) is 5.32 Å². The molecular formula is C28H26F6N3O4P. The fourth-order valence-electron chi connectivity index (χ4n) is 4.81. The highest BCUT2D eigenvalue weighted by molar-refractivity contribution is 7.70. The van der Waals surface area contributed by atoms with Crippen LogP contribution < -0.4 is 20.8 Å². The molecule has 0 saturated carbocycles. The third-order valence-corrected chi connectivity index (χ3v) is 8.26. The lowest BCUT2D eigenvalue weighted by Crippen LogP contribution is -2.44. The van der Waals surface area contributed by atoms with Crippen LogP contribution in [0.3, 0.4) is 0 Å². The number of nitrogens with one attached hydrogen (secondary N) is 2. The number of alkyl halides is 3. The maximum absolute atomic E-state index is 15.6. The molecule has 2 atom stereocenters. The van der Waals surface area contributed by atoms with Crippen LogP contribution in [0.15, 0.2) is 54.6 Å². The normalized spacial score (nSPS) is 17.5. The third-order valence-electron chi connectivity index (χ3n) is 6.71. The van der Waals surface area contributed by atoms with Gasteiger partial charge in [-0.25, -0.2) is 18.0 Å². The molecule has 1 heterocycles. The van der Waals surface area contributed by atoms with Crippen molar-refractivity contribution < 1.29 is 45.2 Å². The van der Waals surface area contributed by atoms with Crippen LogP contribution in [-0.4, -0.2) is 51.1 Å². The van der Waals surface area contributed by atoms with Gasteiger partial charge in [0.2, 0.25) is 5.91 Å². The van der Waals surface area contributed by atoms with Crippen LogP contribution in [0.1, 0.15) is 12.0 Å². The lowest BCUT2D eigenvalue weighted by atomic mass is 10.0. The molecule has 0 unspecified atom stereocenters. The van der Waals surface area contributed by atoms with E-state index >= 15 is 8.78 Å². The molecule has 7 nitrogen and oxygen atoms in total. The Morgan fingerprint density at radius 3 is 2.33 bits per heavy atom. The molecule has 3 amide bonds. The lowest BCUT2D eigenvalue weighted by molar-refractivity contribution is -0.137. The SMILES string of the molecule is COC[C@@H]1C[C@@H](NC(=O)Nc2ccc(C(F)(F)F)cc2F)C(=O)N1c1ccc(-c2ccccc2P(C)(C)=O)c(F)c1F. The molecule has 4 rings (SSSR count). The molecule has 1 aliphatic heterocycles. The minimum Gasteiger partial charge on any atom is -0.383 e. The van der Waals surface area contributed by atoms with Crippen molar-refractivity contribution >= 4 is 35.8 Å². The van der Waals surface area contributed by atoms with Gasteiger partial charge in [0.25, 0.3) is 0 Å². The Morgan fingerprint density at radius 2 is 1.71 bits per heavy atom. The van der Waals surface area contributed by atoms with Gasteiger partial charge in [-0.3, -0.25) is 4.79 Å². The maximum atomic E-state index is 15.6. The van der Waals surface area contributed by atoms with Crippen molar-refractivity contribution in [1.29, 1.82) is 0 Å². The lowest BCUT2D eigenvalue weighted by Gasteiger charge is -2.25. The van der Waals surface area contributed by atoms with Gasteiger partial charge in [-0.15, -0.1) is 0 Å². The van der Waals surface area contributed by atoms with Crippen molar-refractivity contribution in [2.45, 2.75) is 24.7 Å². The number of carbonyl (C=O) groups excluding carboxylic acids is 2. The first-order valence-corrected chi connectivity index (χ1v) is 15.1. The van der Waals surface area contributed by atoms with Gasteiger partial charge in [0.15, 0.2) is 11.6 Å². The van der Waals surface area contributed by atoms with Crippen molar-refractivity contribution in [3.8, 4) is 11.1 Å². The Labute approximate surface area is 237 Å². The second-order valence-corrected chi connectivity index (χ2v) is 13.2. The van der Waals surface area contributed by atoms with Crippen LogP contribution in [0.25, 0.3) is 11.1 Å². The Morgan fingerprint density at radius 1 is 1.02 bits per heavy atom. The smallest absolute Gasteiger partial charge is 0.383 e.